The lowest BCUT2D eigenvalue weighted by atomic mass is 9.77. The van der Waals surface area contributed by atoms with Crippen LogP contribution in [0.15, 0.2) is 30.3 Å². The summed E-state index contributed by atoms with van der Waals surface area (Å²) in [5.74, 6) is 0.160. The van der Waals surface area contributed by atoms with Crippen LogP contribution >= 0.6 is 0 Å². The maximum absolute atomic E-state index is 13.1. The Kier molecular flexibility index (Phi) is 3.57. The Balaban J connectivity index is 1.60. The fourth-order valence-electron chi connectivity index (χ4n) is 4.06. The summed E-state index contributed by atoms with van der Waals surface area (Å²) in [5, 5.41) is 4.44. The van der Waals surface area contributed by atoms with E-state index in [1.807, 2.05) is 42.2 Å². The maximum Gasteiger partial charge on any atom is 0.254 e. The summed E-state index contributed by atoms with van der Waals surface area (Å²) in [6, 6.07) is 9.87. The van der Waals surface area contributed by atoms with E-state index in [9.17, 15) is 4.79 Å². The molecule has 0 aliphatic carbocycles. The molecule has 0 atom stereocenters. The molecule has 4 rings (SSSR count). The number of carbonyl (C=O) groups is 1. The fourth-order valence-corrected chi connectivity index (χ4v) is 4.06. The number of fused-ring (bicyclic) bond motifs is 1. The van der Waals surface area contributed by atoms with Crippen molar-refractivity contribution < 1.29 is 4.79 Å². The Morgan fingerprint density at radius 2 is 2.00 bits per heavy atom. The van der Waals surface area contributed by atoms with Gasteiger partial charge in [-0.05, 0) is 50.3 Å². The van der Waals surface area contributed by atoms with Crippen molar-refractivity contribution in [2.45, 2.75) is 26.2 Å². The van der Waals surface area contributed by atoms with Crippen LogP contribution in [0.5, 0.6) is 0 Å². The lowest BCUT2D eigenvalue weighted by Gasteiger charge is -2.39. The molecule has 4 nitrogen and oxygen atoms in total. The molecule has 1 aromatic carbocycles. The normalized spacial score (nSPS) is 20.3. The molecule has 0 unspecified atom stereocenters. The largest absolute Gasteiger partial charge is 0.339 e. The quantitative estimate of drug-likeness (QED) is 0.881. The topological polar surface area (TPSA) is 45.2 Å². The molecule has 0 saturated carbocycles. The van der Waals surface area contributed by atoms with E-state index in [4.69, 9.17) is 0 Å². The molecule has 2 fully saturated rings. The standard InChI is InChI=1S/C19H23N3O/c1-14-12-16(15-4-2-3-5-17(15)21-14)18(23)22-10-7-19(8-11-22)6-9-20-13-19/h2-5,12,20H,6-11,13H2,1H3. The van der Waals surface area contributed by atoms with Gasteiger partial charge in [-0.2, -0.15) is 0 Å². The number of hydrogen-bond acceptors (Lipinski definition) is 3. The third-order valence-corrected chi connectivity index (χ3v) is 5.52. The number of aromatic nitrogens is 1. The van der Waals surface area contributed by atoms with Gasteiger partial charge in [-0.25, -0.2) is 0 Å². The first kappa shape index (κ1) is 14.6. The van der Waals surface area contributed by atoms with E-state index in [1.165, 1.54) is 6.42 Å². The van der Waals surface area contributed by atoms with E-state index in [-0.39, 0.29) is 5.91 Å². The maximum atomic E-state index is 13.1. The minimum absolute atomic E-state index is 0.160. The molecular weight excluding hydrogens is 286 g/mol. The molecule has 0 bridgehead atoms. The Morgan fingerprint density at radius 3 is 2.74 bits per heavy atom. The van der Waals surface area contributed by atoms with E-state index in [0.29, 0.717) is 5.41 Å². The Hall–Kier alpha value is -1.94. The first-order valence-corrected chi connectivity index (χ1v) is 8.53. The predicted molar refractivity (Wildman–Crippen MR) is 91.5 cm³/mol. The molecular formula is C19H23N3O. The van der Waals surface area contributed by atoms with E-state index in [0.717, 1.165) is 61.2 Å². The second kappa shape index (κ2) is 5.60. The van der Waals surface area contributed by atoms with Crippen molar-refractivity contribution >= 4 is 16.8 Å². The van der Waals surface area contributed by atoms with Crippen LogP contribution in [0.25, 0.3) is 10.9 Å². The highest BCUT2D eigenvalue weighted by Gasteiger charge is 2.38. The summed E-state index contributed by atoms with van der Waals surface area (Å²) >= 11 is 0. The van der Waals surface area contributed by atoms with E-state index >= 15 is 0 Å². The van der Waals surface area contributed by atoms with E-state index in [1.54, 1.807) is 0 Å². The summed E-state index contributed by atoms with van der Waals surface area (Å²) in [7, 11) is 0. The fraction of sp³-hybridized carbons (Fsp3) is 0.474. The van der Waals surface area contributed by atoms with Crippen LogP contribution < -0.4 is 5.32 Å². The van der Waals surface area contributed by atoms with Gasteiger partial charge in [-0.15, -0.1) is 0 Å². The van der Waals surface area contributed by atoms with Crippen LogP contribution in [0.4, 0.5) is 0 Å². The number of rotatable bonds is 1. The Labute approximate surface area is 136 Å². The minimum atomic E-state index is 0.160. The first-order chi connectivity index (χ1) is 11.2. The van der Waals surface area contributed by atoms with Crippen molar-refractivity contribution in [1.29, 1.82) is 0 Å². The number of amides is 1. The van der Waals surface area contributed by atoms with E-state index < -0.39 is 0 Å². The molecule has 120 valence electrons. The Morgan fingerprint density at radius 1 is 1.22 bits per heavy atom. The summed E-state index contributed by atoms with van der Waals surface area (Å²) < 4.78 is 0. The Bertz CT molecular complexity index is 739. The number of hydrogen-bond donors (Lipinski definition) is 1. The van der Waals surface area contributed by atoms with Gasteiger partial charge in [-0.1, -0.05) is 18.2 Å². The molecule has 2 aliphatic heterocycles. The van der Waals surface area contributed by atoms with Gasteiger partial charge in [0.2, 0.25) is 0 Å². The zero-order valence-corrected chi connectivity index (χ0v) is 13.6. The van der Waals surface area contributed by atoms with Crippen LogP contribution in [0.3, 0.4) is 0 Å². The highest BCUT2D eigenvalue weighted by atomic mass is 16.2. The minimum Gasteiger partial charge on any atom is -0.339 e. The molecule has 1 spiro atoms. The molecule has 3 heterocycles. The zero-order chi connectivity index (χ0) is 15.9. The number of para-hydroxylation sites is 1. The van der Waals surface area contributed by atoms with Crippen molar-refractivity contribution in [2.75, 3.05) is 26.2 Å². The van der Waals surface area contributed by atoms with Gasteiger partial charge in [0.05, 0.1) is 11.1 Å². The number of piperidine rings is 1. The average Bonchev–Trinajstić information content (AvgIpc) is 3.02. The first-order valence-electron chi connectivity index (χ1n) is 8.53. The van der Waals surface area contributed by atoms with Gasteiger partial charge in [0.1, 0.15) is 0 Å². The number of nitrogens with one attached hydrogen (secondary N) is 1. The summed E-state index contributed by atoms with van der Waals surface area (Å²) in [5.41, 5.74) is 3.05. The number of nitrogens with zero attached hydrogens (tertiary/aromatic N) is 2. The second-order valence-electron chi connectivity index (χ2n) is 7.05. The highest BCUT2D eigenvalue weighted by molar-refractivity contribution is 6.06. The third kappa shape index (κ3) is 2.61. The second-order valence-corrected chi connectivity index (χ2v) is 7.05. The SMILES string of the molecule is Cc1cc(C(=O)N2CCC3(CCNC3)CC2)c2ccccc2n1. The number of carbonyl (C=O) groups excluding carboxylic acids is 1. The van der Waals surface area contributed by atoms with Gasteiger partial charge in [0.15, 0.2) is 0 Å². The molecule has 2 aliphatic rings. The third-order valence-electron chi connectivity index (χ3n) is 5.52. The van der Waals surface area contributed by atoms with Crippen LogP contribution in [0.2, 0.25) is 0 Å². The molecule has 1 amide bonds. The van der Waals surface area contributed by atoms with Crippen molar-refractivity contribution in [3.8, 4) is 0 Å². The van der Waals surface area contributed by atoms with Crippen LogP contribution in [-0.2, 0) is 0 Å². The van der Waals surface area contributed by atoms with Gasteiger partial charge in [-0.3, -0.25) is 9.78 Å². The van der Waals surface area contributed by atoms with Gasteiger partial charge >= 0.3 is 0 Å². The van der Waals surface area contributed by atoms with Crippen LogP contribution in [0.1, 0.15) is 35.3 Å². The molecule has 2 saturated heterocycles. The number of aryl methyl sites for hydroxylation is 1. The molecule has 23 heavy (non-hydrogen) atoms. The summed E-state index contributed by atoms with van der Waals surface area (Å²) in [6.45, 7) is 5.94. The zero-order valence-electron chi connectivity index (χ0n) is 13.6. The lowest BCUT2D eigenvalue weighted by molar-refractivity contribution is 0.0609. The van der Waals surface area contributed by atoms with Crippen LogP contribution in [-0.4, -0.2) is 42.0 Å². The van der Waals surface area contributed by atoms with E-state index in [2.05, 4.69) is 10.3 Å². The van der Waals surface area contributed by atoms with Crippen molar-refractivity contribution in [2.24, 2.45) is 5.41 Å². The predicted octanol–water partition coefficient (Wildman–Crippen LogP) is 2.76. The van der Waals surface area contributed by atoms with Gasteiger partial charge in [0.25, 0.3) is 5.91 Å². The van der Waals surface area contributed by atoms with Gasteiger partial charge in [0, 0.05) is 30.7 Å². The molecule has 2 aromatic rings. The average molecular weight is 309 g/mol. The number of likely N-dealkylation sites (tertiary alicyclic amines) is 1. The summed E-state index contributed by atoms with van der Waals surface area (Å²) in [4.78, 5) is 19.6. The highest BCUT2D eigenvalue weighted by Crippen LogP contribution is 2.37. The number of pyridine rings is 1. The monoisotopic (exact) mass is 309 g/mol. The summed E-state index contributed by atoms with van der Waals surface area (Å²) in [6.07, 6.45) is 3.49. The molecule has 1 N–H and O–H groups in total. The van der Waals surface area contributed by atoms with Crippen molar-refractivity contribution in [3.05, 3.63) is 41.6 Å². The molecule has 0 radical (unpaired) electrons. The lowest BCUT2D eigenvalue weighted by Crippen LogP contribution is -2.44. The molecule has 1 aromatic heterocycles. The van der Waals surface area contributed by atoms with Crippen LogP contribution in [0, 0.1) is 12.3 Å². The smallest absolute Gasteiger partial charge is 0.254 e. The molecule has 4 heteroatoms. The van der Waals surface area contributed by atoms with Crippen molar-refractivity contribution in [3.63, 3.8) is 0 Å². The van der Waals surface area contributed by atoms with Gasteiger partial charge < -0.3 is 10.2 Å². The van der Waals surface area contributed by atoms with Crippen molar-refractivity contribution in [1.82, 2.24) is 15.2 Å². The number of benzene rings is 1.